The zero-order valence-electron chi connectivity index (χ0n) is 16.9. The first-order valence-electron chi connectivity index (χ1n) is 9.45. The summed E-state index contributed by atoms with van der Waals surface area (Å²) in [6.07, 6.45) is 2.77. The van der Waals surface area contributed by atoms with Crippen molar-refractivity contribution >= 4 is 16.1 Å². The second kappa shape index (κ2) is 8.93. The molecule has 1 aromatic heterocycles. The second-order valence-electron chi connectivity index (χ2n) is 7.28. The van der Waals surface area contributed by atoms with E-state index in [0.717, 1.165) is 5.69 Å². The fourth-order valence-electron chi connectivity index (χ4n) is 3.23. The molecule has 9 nitrogen and oxygen atoms in total. The number of benzene rings is 1. The molecule has 1 aliphatic heterocycles. The van der Waals surface area contributed by atoms with Crippen molar-refractivity contribution in [2.45, 2.75) is 25.5 Å². The van der Waals surface area contributed by atoms with Gasteiger partial charge in [0.2, 0.25) is 0 Å². The summed E-state index contributed by atoms with van der Waals surface area (Å²) in [5, 5.41) is 6.73. The molecular formula is C19H27N5O4S. The third kappa shape index (κ3) is 5.14. The molecule has 1 fully saturated rings. The Bertz CT molecular complexity index is 922. The number of piperidine rings is 1. The van der Waals surface area contributed by atoms with Crippen LogP contribution in [0.2, 0.25) is 0 Å². The predicted molar refractivity (Wildman–Crippen MR) is 109 cm³/mol. The molecule has 0 atom stereocenters. The molecule has 1 saturated heterocycles. The summed E-state index contributed by atoms with van der Waals surface area (Å²) in [7, 11) is 1.41. The smallest absolute Gasteiger partial charge is 0.281 e. The molecule has 1 aliphatic rings. The van der Waals surface area contributed by atoms with Gasteiger partial charge in [0.1, 0.15) is 11.9 Å². The number of aromatic nitrogens is 2. The third-order valence-electron chi connectivity index (χ3n) is 4.89. The molecule has 1 amide bonds. The van der Waals surface area contributed by atoms with Crippen molar-refractivity contribution in [3.8, 4) is 5.75 Å². The maximum Gasteiger partial charge on any atom is 0.281 e. The molecule has 29 heavy (non-hydrogen) atoms. The van der Waals surface area contributed by atoms with Gasteiger partial charge in [-0.25, -0.2) is 0 Å². The predicted octanol–water partition coefficient (Wildman–Crippen LogP) is 1.33. The number of carbonyl (C=O) groups excluding carboxylic acids is 1. The van der Waals surface area contributed by atoms with Crippen LogP contribution in [-0.4, -0.2) is 78.4 Å². The molecule has 158 valence electrons. The minimum atomic E-state index is -3.39. The van der Waals surface area contributed by atoms with E-state index in [1.807, 2.05) is 12.1 Å². The Kier molecular flexibility index (Phi) is 6.56. The Morgan fingerprint density at radius 2 is 1.97 bits per heavy atom. The topological polar surface area (TPSA) is 98.8 Å². The van der Waals surface area contributed by atoms with Crippen molar-refractivity contribution in [2.75, 3.05) is 34.2 Å². The molecule has 0 radical (unpaired) electrons. The summed E-state index contributed by atoms with van der Waals surface area (Å²) in [4.78, 5) is 14.3. The van der Waals surface area contributed by atoms with Gasteiger partial charge in [0.25, 0.3) is 16.1 Å². The van der Waals surface area contributed by atoms with Crippen LogP contribution in [0.5, 0.6) is 5.75 Å². The largest absolute Gasteiger partial charge is 0.490 e. The average Bonchev–Trinajstić information content (AvgIpc) is 3.21. The second-order valence-corrected chi connectivity index (χ2v) is 9.42. The van der Waals surface area contributed by atoms with Crippen molar-refractivity contribution in [2.24, 2.45) is 0 Å². The van der Waals surface area contributed by atoms with Gasteiger partial charge in [0.05, 0.1) is 12.2 Å². The first-order chi connectivity index (χ1) is 13.8. The molecule has 2 heterocycles. The normalized spacial score (nSPS) is 16.1. The van der Waals surface area contributed by atoms with E-state index in [2.05, 4.69) is 10.2 Å². The highest BCUT2D eigenvalue weighted by Crippen LogP contribution is 2.22. The van der Waals surface area contributed by atoms with Crippen LogP contribution in [0.25, 0.3) is 0 Å². The Morgan fingerprint density at radius 3 is 2.59 bits per heavy atom. The number of hydrogen-bond acceptors (Lipinski definition) is 5. The minimum absolute atomic E-state index is 0.0864. The summed E-state index contributed by atoms with van der Waals surface area (Å²) >= 11 is 0. The lowest BCUT2D eigenvalue weighted by molar-refractivity contribution is 0.0781. The van der Waals surface area contributed by atoms with Gasteiger partial charge in [0, 0.05) is 46.0 Å². The molecule has 0 saturated carbocycles. The van der Waals surface area contributed by atoms with Crippen LogP contribution < -0.4 is 4.74 Å². The van der Waals surface area contributed by atoms with E-state index in [0.29, 0.717) is 43.8 Å². The third-order valence-corrected chi connectivity index (χ3v) is 6.83. The lowest BCUT2D eigenvalue weighted by Gasteiger charge is -2.32. The summed E-state index contributed by atoms with van der Waals surface area (Å²) in [5.74, 6) is 0.497. The Labute approximate surface area is 171 Å². The fraction of sp³-hybridized carbons (Fsp3) is 0.474. The van der Waals surface area contributed by atoms with Gasteiger partial charge in [-0.05, 0) is 37.1 Å². The van der Waals surface area contributed by atoms with Crippen LogP contribution in [0.4, 0.5) is 0 Å². The number of carbonyl (C=O) groups is 1. The molecule has 0 bridgehead atoms. The van der Waals surface area contributed by atoms with Gasteiger partial charge in [-0.1, -0.05) is 6.07 Å². The zero-order chi connectivity index (χ0) is 21.0. The van der Waals surface area contributed by atoms with Crippen molar-refractivity contribution in [1.82, 2.24) is 23.7 Å². The quantitative estimate of drug-likeness (QED) is 0.727. The van der Waals surface area contributed by atoms with Gasteiger partial charge in [-0.2, -0.15) is 22.1 Å². The lowest BCUT2D eigenvalue weighted by atomic mass is 10.1. The molecule has 0 unspecified atom stereocenters. The molecule has 10 heteroatoms. The number of nitrogens with zero attached hydrogens (tertiary/aromatic N) is 4. The van der Waals surface area contributed by atoms with Crippen LogP contribution in [0.3, 0.4) is 0 Å². The monoisotopic (exact) mass is 421 g/mol. The number of nitrogens with one attached hydrogen (secondary N) is 1. The van der Waals surface area contributed by atoms with Gasteiger partial charge in [-0.3, -0.25) is 9.89 Å². The Balaban J connectivity index is 1.58. The summed E-state index contributed by atoms with van der Waals surface area (Å²) in [5.41, 5.74) is 1.39. The molecule has 0 aliphatic carbocycles. The minimum Gasteiger partial charge on any atom is -0.490 e. The van der Waals surface area contributed by atoms with E-state index < -0.39 is 10.2 Å². The fourth-order valence-corrected chi connectivity index (χ4v) is 4.36. The maximum absolute atomic E-state index is 12.7. The number of aromatic amines is 1. The molecule has 2 aromatic rings. The first kappa shape index (κ1) is 21.3. The van der Waals surface area contributed by atoms with E-state index in [1.165, 1.54) is 22.7 Å². The van der Waals surface area contributed by atoms with Gasteiger partial charge >= 0.3 is 0 Å². The summed E-state index contributed by atoms with van der Waals surface area (Å²) in [6.45, 7) is 1.26. The highest BCUT2D eigenvalue weighted by molar-refractivity contribution is 7.86. The van der Waals surface area contributed by atoms with Crippen LogP contribution in [0.1, 0.15) is 28.9 Å². The number of amides is 1. The van der Waals surface area contributed by atoms with Crippen LogP contribution in [0.15, 0.2) is 36.5 Å². The Morgan fingerprint density at radius 1 is 1.24 bits per heavy atom. The maximum atomic E-state index is 12.7. The van der Waals surface area contributed by atoms with Crippen molar-refractivity contribution in [3.63, 3.8) is 0 Å². The van der Waals surface area contributed by atoms with E-state index in [1.54, 1.807) is 36.3 Å². The van der Waals surface area contributed by atoms with Crippen molar-refractivity contribution in [1.29, 1.82) is 0 Å². The highest BCUT2D eigenvalue weighted by Gasteiger charge is 2.30. The lowest BCUT2D eigenvalue weighted by Crippen LogP contribution is -2.46. The molecule has 1 N–H and O–H groups in total. The number of hydrogen-bond donors (Lipinski definition) is 1. The highest BCUT2D eigenvalue weighted by atomic mass is 32.2. The average molecular weight is 422 g/mol. The molecule has 0 spiro atoms. The van der Waals surface area contributed by atoms with Crippen LogP contribution in [0, 0.1) is 0 Å². The van der Waals surface area contributed by atoms with E-state index in [-0.39, 0.29) is 12.0 Å². The standard InChI is InChI=1S/C19H27N5O4S/c1-22(2)29(26,27)24-11-8-17(9-12-24)28-18-6-4-5-15(13-18)19(25)23(3)14-16-7-10-20-21-16/h4-7,10,13,17H,8-9,11-12,14H2,1-3H3,(H,20,21). The molecule has 1 aromatic carbocycles. The van der Waals surface area contributed by atoms with Gasteiger partial charge in [0.15, 0.2) is 0 Å². The number of ether oxygens (including phenoxy) is 1. The van der Waals surface area contributed by atoms with Crippen LogP contribution >= 0.6 is 0 Å². The van der Waals surface area contributed by atoms with E-state index in [9.17, 15) is 13.2 Å². The van der Waals surface area contributed by atoms with Gasteiger partial charge < -0.3 is 9.64 Å². The SMILES string of the molecule is CN(Cc1ccn[nH]1)C(=O)c1cccc(OC2CCN(S(=O)(=O)N(C)C)CC2)c1. The molecular weight excluding hydrogens is 394 g/mol. The molecule has 3 rings (SSSR count). The van der Waals surface area contributed by atoms with Gasteiger partial charge in [-0.15, -0.1) is 0 Å². The summed E-state index contributed by atoms with van der Waals surface area (Å²) in [6, 6.07) is 8.92. The Hall–Kier alpha value is -2.43. The van der Waals surface area contributed by atoms with Crippen molar-refractivity contribution < 1.29 is 17.9 Å². The van der Waals surface area contributed by atoms with E-state index in [4.69, 9.17) is 4.74 Å². The van der Waals surface area contributed by atoms with E-state index >= 15 is 0 Å². The zero-order valence-corrected chi connectivity index (χ0v) is 17.7. The number of rotatable bonds is 7. The first-order valence-corrected chi connectivity index (χ1v) is 10.8. The van der Waals surface area contributed by atoms with Crippen LogP contribution in [-0.2, 0) is 16.8 Å². The number of H-pyrrole nitrogens is 1. The van der Waals surface area contributed by atoms with Crippen molar-refractivity contribution in [3.05, 3.63) is 47.8 Å². The summed E-state index contributed by atoms with van der Waals surface area (Å²) < 4.78 is 33.1.